The van der Waals surface area contributed by atoms with Crippen molar-refractivity contribution in [3.8, 4) is 5.88 Å². The number of nitrogens with zero attached hydrogens (tertiary/aromatic N) is 3. The van der Waals surface area contributed by atoms with Crippen molar-refractivity contribution >= 4 is 28.7 Å². The molecule has 1 N–H and O–H groups in total. The summed E-state index contributed by atoms with van der Waals surface area (Å²) >= 11 is 1.57. The largest absolute Gasteiger partial charge is 0.479 e. The van der Waals surface area contributed by atoms with Gasteiger partial charge in [0.2, 0.25) is 11.8 Å². The summed E-state index contributed by atoms with van der Waals surface area (Å²) in [5.41, 5.74) is 1.47. The first-order valence-corrected chi connectivity index (χ1v) is 7.38. The molecule has 0 aliphatic rings. The molecular formula is C14H18N4O2S. The molecule has 7 heteroatoms. The molecule has 1 amide bonds. The van der Waals surface area contributed by atoms with Gasteiger partial charge in [-0.15, -0.1) is 0 Å². The van der Waals surface area contributed by atoms with Gasteiger partial charge in [0.1, 0.15) is 12.0 Å². The maximum absolute atomic E-state index is 12.4. The molecule has 0 fully saturated rings. The number of hydrogen-bond donors (Lipinski definition) is 1. The number of nitrogens with one attached hydrogen (secondary N) is 1. The highest BCUT2D eigenvalue weighted by atomic mass is 32.1. The fourth-order valence-corrected chi connectivity index (χ4v) is 2.62. The van der Waals surface area contributed by atoms with Crippen LogP contribution in [0.2, 0.25) is 0 Å². The summed E-state index contributed by atoms with van der Waals surface area (Å²) < 4.78 is 5.22. The molecule has 0 bridgehead atoms. The van der Waals surface area contributed by atoms with Crippen molar-refractivity contribution in [2.24, 2.45) is 0 Å². The quantitative estimate of drug-likeness (QED) is 0.918. The number of aromatic nitrogens is 2. The zero-order chi connectivity index (χ0) is 15.4. The highest BCUT2D eigenvalue weighted by molar-refractivity contribution is 7.08. The van der Waals surface area contributed by atoms with E-state index < -0.39 is 0 Å². The van der Waals surface area contributed by atoms with Crippen LogP contribution in [0.5, 0.6) is 5.88 Å². The smallest absolute Gasteiger partial charge is 0.242 e. The molecule has 1 atom stereocenters. The molecule has 2 aromatic rings. The predicted octanol–water partition coefficient (Wildman–Crippen LogP) is 2.35. The third-order valence-corrected chi connectivity index (χ3v) is 3.80. The first-order valence-electron chi connectivity index (χ1n) is 6.43. The molecule has 0 aliphatic heterocycles. The Morgan fingerprint density at radius 1 is 1.43 bits per heavy atom. The molecule has 0 radical (unpaired) electrons. The second kappa shape index (κ2) is 6.53. The molecule has 2 aromatic heterocycles. The third-order valence-electron chi connectivity index (χ3n) is 3.09. The van der Waals surface area contributed by atoms with Gasteiger partial charge in [0.25, 0.3) is 0 Å². The lowest BCUT2D eigenvalue weighted by Gasteiger charge is -2.19. The van der Waals surface area contributed by atoms with Gasteiger partial charge in [-0.2, -0.15) is 16.3 Å². The minimum Gasteiger partial charge on any atom is -0.479 e. The highest BCUT2D eigenvalue weighted by Crippen LogP contribution is 2.31. The molecule has 0 unspecified atom stereocenters. The molecule has 0 saturated carbocycles. The van der Waals surface area contributed by atoms with Crippen LogP contribution in [0.1, 0.15) is 18.4 Å². The minimum atomic E-state index is -0.254. The normalized spacial score (nSPS) is 11.8. The summed E-state index contributed by atoms with van der Waals surface area (Å²) in [6, 6.07) is 1.94. The van der Waals surface area contributed by atoms with E-state index in [2.05, 4.69) is 15.3 Å². The van der Waals surface area contributed by atoms with Crippen molar-refractivity contribution in [3.05, 3.63) is 28.7 Å². The number of hydrogen-bond acceptors (Lipinski definition) is 6. The van der Waals surface area contributed by atoms with E-state index in [1.165, 1.54) is 13.4 Å². The topological polar surface area (TPSA) is 67.4 Å². The van der Waals surface area contributed by atoms with Crippen molar-refractivity contribution in [1.82, 2.24) is 9.97 Å². The zero-order valence-corrected chi connectivity index (χ0v) is 13.3. The number of amides is 1. The summed E-state index contributed by atoms with van der Waals surface area (Å²) in [6.45, 7) is 1.86. The van der Waals surface area contributed by atoms with Crippen molar-refractivity contribution < 1.29 is 9.53 Å². The van der Waals surface area contributed by atoms with Gasteiger partial charge in [0.15, 0.2) is 5.82 Å². The van der Waals surface area contributed by atoms with Crippen LogP contribution < -0.4 is 15.0 Å². The van der Waals surface area contributed by atoms with E-state index in [9.17, 15) is 4.79 Å². The number of ether oxygens (including phenoxy) is 1. The summed E-state index contributed by atoms with van der Waals surface area (Å²) in [5.74, 6) is 0.577. The second-order valence-electron chi connectivity index (χ2n) is 4.74. The standard InChI is InChI=1S/C14H18N4O2S/c1-9(10-5-6-21-7-10)13(19)17-11-12(18(2)3)15-8-16-14(11)20-4/h5-9H,1-4H3,(H,17,19)/t9-/m1/s1. The number of carbonyl (C=O) groups is 1. The Hall–Kier alpha value is -2.15. The lowest BCUT2D eigenvalue weighted by molar-refractivity contribution is -0.117. The highest BCUT2D eigenvalue weighted by Gasteiger charge is 2.21. The van der Waals surface area contributed by atoms with Crippen LogP contribution >= 0.6 is 11.3 Å². The summed E-state index contributed by atoms with van der Waals surface area (Å²) in [6.07, 6.45) is 1.41. The maximum atomic E-state index is 12.4. The van der Waals surface area contributed by atoms with Crippen molar-refractivity contribution in [3.63, 3.8) is 0 Å². The van der Waals surface area contributed by atoms with Gasteiger partial charge in [-0.3, -0.25) is 4.79 Å². The monoisotopic (exact) mass is 306 g/mol. The number of carbonyl (C=O) groups excluding carboxylic acids is 1. The molecule has 0 aliphatic carbocycles. The van der Waals surface area contributed by atoms with Crippen LogP contribution in [-0.4, -0.2) is 37.1 Å². The van der Waals surface area contributed by atoms with E-state index in [0.29, 0.717) is 17.4 Å². The fraction of sp³-hybridized carbons (Fsp3) is 0.357. The Labute approximate surface area is 127 Å². The molecule has 21 heavy (non-hydrogen) atoms. The van der Waals surface area contributed by atoms with E-state index in [1.54, 1.807) is 16.2 Å². The molecule has 6 nitrogen and oxygen atoms in total. The van der Waals surface area contributed by atoms with Gasteiger partial charge in [-0.1, -0.05) is 0 Å². The van der Waals surface area contributed by atoms with Crippen molar-refractivity contribution in [2.45, 2.75) is 12.8 Å². The number of thiophene rings is 1. The predicted molar refractivity (Wildman–Crippen MR) is 84.3 cm³/mol. The van der Waals surface area contributed by atoms with Gasteiger partial charge in [0.05, 0.1) is 13.0 Å². The van der Waals surface area contributed by atoms with Crippen LogP contribution in [0.3, 0.4) is 0 Å². The van der Waals surface area contributed by atoms with Crippen LogP contribution in [0.4, 0.5) is 11.5 Å². The van der Waals surface area contributed by atoms with E-state index in [0.717, 1.165) is 5.56 Å². The van der Waals surface area contributed by atoms with Crippen molar-refractivity contribution in [1.29, 1.82) is 0 Å². The van der Waals surface area contributed by atoms with E-state index in [1.807, 2.05) is 37.8 Å². The van der Waals surface area contributed by atoms with Gasteiger partial charge >= 0.3 is 0 Å². The van der Waals surface area contributed by atoms with Crippen LogP contribution in [0, 0.1) is 0 Å². The molecule has 0 saturated heterocycles. The number of anilines is 2. The second-order valence-corrected chi connectivity index (χ2v) is 5.52. The van der Waals surface area contributed by atoms with Crippen molar-refractivity contribution in [2.75, 3.05) is 31.4 Å². The Morgan fingerprint density at radius 3 is 2.76 bits per heavy atom. The molecule has 112 valence electrons. The molecule has 2 rings (SSSR count). The first kappa shape index (κ1) is 15.2. The van der Waals surface area contributed by atoms with E-state index in [4.69, 9.17) is 4.74 Å². The SMILES string of the molecule is COc1ncnc(N(C)C)c1NC(=O)[C@H](C)c1ccsc1. The maximum Gasteiger partial charge on any atom is 0.242 e. The number of rotatable bonds is 5. The summed E-state index contributed by atoms with van der Waals surface area (Å²) in [4.78, 5) is 22.4. The lowest BCUT2D eigenvalue weighted by atomic mass is 10.0. The Bertz CT molecular complexity index is 613. The molecule has 0 spiro atoms. The fourth-order valence-electron chi connectivity index (χ4n) is 1.87. The first-order chi connectivity index (χ1) is 10.0. The van der Waals surface area contributed by atoms with Gasteiger partial charge in [-0.05, 0) is 29.3 Å². The average molecular weight is 306 g/mol. The lowest BCUT2D eigenvalue weighted by Crippen LogP contribution is -2.22. The van der Waals surface area contributed by atoms with E-state index >= 15 is 0 Å². The molecule has 2 heterocycles. The Kier molecular flexibility index (Phi) is 4.74. The summed E-state index contributed by atoms with van der Waals surface area (Å²) in [7, 11) is 5.21. The van der Waals surface area contributed by atoms with Gasteiger partial charge in [-0.25, -0.2) is 4.98 Å². The molecule has 0 aromatic carbocycles. The Balaban J connectivity index is 2.28. The zero-order valence-electron chi connectivity index (χ0n) is 12.5. The average Bonchev–Trinajstić information content (AvgIpc) is 3.00. The minimum absolute atomic E-state index is 0.121. The Morgan fingerprint density at radius 2 is 2.19 bits per heavy atom. The summed E-state index contributed by atoms with van der Waals surface area (Å²) in [5, 5.41) is 6.80. The van der Waals surface area contributed by atoms with Gasteiger partial charge < -0.3 is 15.0 Å². The third kappa shape index (κ3) is 3.30. The number of methoxy groups -OCH3 is 1. The van der Waals surface area contributed by atoms with E-state index in [-0.39, 0.29) is 11.8 Å². The van der Waals surface area contributed by atoms with Crippen LogP contribution in [0.15, 0.2) is 23.2 Å². The van der Waals surface area contributed by atoms with Crippen LogP contribution in [0.25, 0.3) is 0 Å². The molecular weight excluding hydrogens is 288 g/mol. The van der Waals surface area contributed by atoms with Gasteiger partial charge in [0, 0.05) is 14.1 Å². The van der Waals surface area contributed by atoms with Crippen LogP contribution in [-0.2, 0) is 4.79 Å².